The number of hydrogen-bond acceptors (Lipinski definition) is 4. The van der Waals surface area contributed by atoms with Gasteiger partial charge >= 0.3 is 0 Å². The van der Waals surface area contributed by atoms with E-state index in [4.69, 9.17) is 10.5 Å². The van der Waals surface area contributed by atoms with Crippen LogP contribution in [0.5, 0.6) is 0 Å². The molecule has 1 aliphatic heterocycles. The van der Waals surface area contributed by atoms with Gasteiger partial charge in [0, 0.05) is 25.0 Å². The number of ether oxygens (including phenoxy) is 1. The van der Waals surface area contributed by atoms with E-state index in [1.54, 1.807) is 12.3 Å². The molecule has 1 aliphatic rings. The molecule has 1 aromatic heterocycles. The molecule has 1 amide bonds. The van der Waals surface area contributed by atoms with Gasteiger partial charge in [-0.05, 0) is 30.5 Å². The largest absolute Gasteiger partial charge is 0.373 e. The summed E-state index contributed by atoms with van der Waals surface area (Å²) < 4.78 is 6.00. The number of rotatable bonds is 5. The third-order valence-corrected chi connectivity index (χ3v) is 4.13. The molecule has 3 rings (SSSR count). The zero-order chi connectivity index (χ0) is 16.1. The second-order valence-corrected chi connectivity index (χ2v) is 5.75. The average molecular weight is 311 g/mol. The number of carbonyl (C=O) groups excluding carboxylic acids is 1. The van der Waals surface area contributed by atoms with Crippen molar-refractivity contribution in [1.82, 2.24) is 4.98 Å². The molecule has 0 atom stereocenters. The van der Waals surface area contributed by atoms with Crippen molar-refractivity contribution < 1.29 is 9.53 Å². The van der Waals surface area contributed by atoms with Crippen molar-refractivity contribution in [2.75, 3.05) is 18.0 Å². The minimum absolute atomic E-state index is 0.281. The van der Waals surface area contributed by atoms with Crippen LogP contribution in [0.1, 0.15) is 28.9 Å². The predicted molar refractivity (Wildman–Crippen MR) is 89.2 cm³/mol. The average Bonchev–Trinajstić information content (AvgIpc) is 2.61. The minimum atomic E-state index is -0.493. The number of aromatic nitrogens is 1. The van der Waals surface area contributed by atoms with Gasteiger partial charge in [-0.1, -0.05) is 30.3 Å². The van der Waals surface area contributed by atoms with Gasteiger partial charge in [0.25, 0.3) is 5.91 Å². The lowest BCUT2D eigenvalue weighted by Crippen LogP contribution is -2.37. The van der Waals surface area contributed by atoms with Crippen LogP contribution in [0.3, 0.4) is 0 Å². The van der Waals surface area contributed by atoms with Crippen LogP contribution >= 0.6 is 0 Å². The second kappa shape index (κ2) is 7.24. The molecule has 120 valence electrons. The van der Waals surface area contributed by atoms with E-state index in [1.807, 2.05) is 24.3 Å². The van der Waals surface area contributed by atoms with Crippen LogP contribution < -0.4 is 10.6 Å². The summed E-state index contributed by atoms with van der Waals surface area (Å²) >= 11 is 0. The SMILES string of the molecule is NC(=O)c1cc(N2CCC(OCc3ccccc3)CC2)ccn1. The fourth-order valence-corrected chi connectivity index (χ4v) is 2.82. The maximum absolute atomic E-state index is 11.2. The molecule has 2 heterocycles. The highest BCUT2D eigenvalue weighted by atomic mass is 16.5. The highest BCUT2D eigenvalue weighted by Gasteiger charge is 2.20. The molecule has 0 aliphatic carbocycles. The van der Waals surface area contributed by atoms with Crippen molar-refractivity contribution >= 4 is 11.6 Å². The minimum Gasteiger partial charge on any atom is -0.373 e. The molecule has 23 heavy (non-hydrogen) atoms. The van der Waals surface area contributed by atoms with Gasteiger partial charge in [0.2, 0.25) is 0 Å². The molecule has 1 aromatic carbocycles. The first-order valence-corrected chi connectivity index (χ1v) is 7.89. The lowest BCUT2D eigenvalue weighted by molar-refractivity contribution is 0.0251. The smallest absolute Gasteiger partial charge is 0.267 e. The van der Waals surface area contributed by atoms with E-state index in [1.165, 1.54) is 5.56 Å². The topological polar surface area (TPSA) is 68.5 Å². The van der Waals surface area contributed by atoms with Crippen LogP contribution in [-0.4, -0.2) is 30.1 Å². The molecule has 5 nitrogen and oxygen atoms in total. The third-order valence-electron chi connectivity index (χ3n) is 4.13. The van der Waals surface area contributed by atoms with Crippen LogP contribution in [0.15, 0.2) is 48.7 Å². The molecule has 1 saturated heterocycles. The van der Waals surface area contributed by atoms with Gasteiger partial charge in [-0.3, -0.25) is 9.78 Å². The second-order valence-electron chi connectivity index (χ2n) is 5.75. The highest BCUT2D eigenvalue weighted by Crippen LogP contribution is 2.22. The van der Waals surface area contributed by atoms with Crippen molar-refractivity contribution in [3.05, 3.63) is 59.9 Å². The molecule has 0 radical (unpaired) electrons. The van der Waals surface area contributed by atoms with Crippen molar-refractivity contribution in [2.45, 2.75) is 25.6 Å². The number of piperidine rings is 1. The standard InChI is InChI=1S/C18H21N3O2/c19-18(22)17-12-15(6-9-20-17)21-10-7-16(8-11-21)23-13-14-4-2-1-3-5-14/h1-6,9,12,16H,7-8,10-11,13H2,(H2,19,22). The van der Waals surface area contributed by atoms with Crippen molar-refractivity contribution in [1.29, 1.82) is 0 Å². The van der Waals surface area contributed by atoms with Gasteiger partial charge in [-0.25, -0.2) is 0 Å². The Hall–Kier alpha value is -2.40. The molecule has 0 unspecified atom stereocenters. The summed E-state index contributed by atoms with van der Waals surface area (Å²) in [6, 6.07) is 13.9. The molecule has 2 N–H and O–H groups in total. The normalized spacial score (nSPS) is 15.6. The van der Waals surface area contributed by atoms with E-state index >= 15 is 0 Å². The monoisotopic (exact) mass is 311 g/mol. The number of nitrogens with zero attached hydrogens (tertiary/aromatic N) is 2. The molecule has 5 heteroatoms. The summed E-state index contributed by atoms with van der Waals surface area (Å²) in [5.41, 5.74) is 7.80. The zero-order valence-corrected chi connectivity index (χ0v) is 13.0. The van der Waals surface area contributed by atoms with Crippen LogP contribution in [0.4, 0.5) is 5.69 Å². The number of nitrogens with two attached hydrogens (primary N) is 1. The Morgan fingerprint density at radius 2 is 1.96 bits per heavy atom. The van der Waals surface area contributed by atoms with Crippen LogP contribution in [0, 0.1) is 0 Å². The Bertz CT molecular complexity index is 652. The van der Waals surface area contributed by atoms with Crippen molar-refractivity contribution in [2.24, 2.45) is 5.73 Å². The van der Waals surface area contributed by atoms with E-state index in [2.05, 4.69) is 22.0 Å². The number of pyridine rings is 1. The lowest BCUT2D eigenvalue weighted by Gasteiger charge is -2.33. The quantitative estimate of drug-likeness (QED) is 0.920. The van der Waals surface area contributed by atoms with Crippen molar-refractivity contribution in [3.8, 4) is 0 Å². The van der Waals surface area contributed by atoms with Gasteiger partial charge in [0.05, 0.1) is 12.7 Å². The third kappa shape index (κ3) is 4.07. The van der Waals surface area contributed by atoms with Gasteiger partial charge < -0.3 is 15.4 Å². The fraction of sp³-hybridized carbons (Fsp3) is 0.333. The Morgan fingerprint density at radius 3 is 2.65 bits per heavy atom. The number of primary amides is 1. The van der Waals surface area contributed by atoms with E-state index < -0.39 is 5.91 Å². The molecular weight excluding hydrogens is 290 g/mol. The molecule has 1 fully saturated rings. The molecule has 0 spiro atoms. The van der Waals surface area contributed by atoms with Gasteiger partial charge in [0.1, 0.15) is 5.69 Å². The van der Waals surface area contributed by atoms with Crippen LogP contribution in [-0.2, 0) is 11.3 Å². The Balaban J connectivity index is 1.52. The Kier molecular flexibility index (Phi) is 4.88. The lowest BCUT2D eigenvalue weighted by atomic mass is 10.1. The van der Waals surface area contributed by atoms with E-state index in [0.717, 1.165) is 31.6 Å². The van der Waals surface area contributed by atoms with E-state index in [0.29, 0.717) is 12.3 Å². The van der Waals surface area contributed by atoms with Crippen LogP contribution in [0.2, 0.25) is 0 Å². The molecule has 0 saturated carbocycles. The zero-order valence-electron chi connectivity index (χ0n) is 13.0. The maximum atomic E-state index is 11.2. The van der Waals surface area contributed by atoms with Gasteiger partial charge in [0.15, 0.2) is 0 Å². The van der Waals surface area contributed by atoms with Gasteiger partial charge in [-0.2, -0.15) is 0 Å². The molecule has 2 aromatic rings. The number of hydrogen-bond donors (Lipinski definition) is 1. The first-order valence-electron chi connectivity index (χ1n) is 7.89. The number of carbonyl (C=O) groups is 1. The summed E-state index contributed by atoms with van der Waals surface area (Å²) in [6.07, 6.45) is 3.86. The number of amides is 1. The summed E-state index contributed by atoms with van der Waals surface area (Å²) in [5, 5.41) is 0. The number of anilines is 1. The Labute approximate surface area is 136 Å². The van der Waals surface area contributed by atoms with E-state index in [-0.39, 0.29) is 6.10 Å². The van der Waals surface area contributed by atoms with Crippen molar-refractivity contribution in [3.63, 3.8) is 0 Å². The first kappa shape index (κ1) is 15.5. The summed E-state index contributed by atoms with van der Waals surface area (Å²) in [4.78, 5) is 17.5. The summed E-state index contributed by atoms with van der Waals surface area (Å²) in [5.74, 6) is -0.493. The predicted octanol–water partition coefficient (Wildman–Crippen LogP) is 2.37. The Morgan fingerprint density at radius 1 is 1.22 bits per heavy atom. The first-order chi connectivity index (χ1) is 11.2. The summed E-state index contributed by atoms with van der Waals surface area (Å²) in [6.45, 7) is 2.47. The van der Waals surface area contributed by atoms with E-state index in [9.17, 15) is 4.79 Å². The molecular formula is C18H21N3O2. The van der Waals surface area contributed by atoms with Gasteiger partial charge in [-0.15, -0.1) is 0 Å². The van der Waals surface area contributed by atoms with Crippen LogP contribution in [0.25, 0.3) is 0 Å². The number of benzene rings is 1. The maximum Gasteiger partial charge on any atom is 0.267 e. The fourth-order valence-electron chi connectivity index (χ4n) is 2.82. The highest BCUT2D eigenvalue weighted by molar-refractivity contribution is 5.91. The molecule has 0 bridgehead atoms. The summed E-state index contributed by atoms with van der Waals surface area (Å²) in [7, 11) is 0.